The molecule has 2 fully saturated rings. The van der Waals surface area contributed by atoms with Gasteiger partial charge in [0.1, 0.15) is 5.82 Å². The summed E-state index contributed by atoms with van der Waals surface area (Å²) in [7, 11) is 0. The number of nitrogens with zero attached hydrogens (tertiary/aromatic N) is 3. The van der Waals surface area contributed by atoms with E-state index >= 15 is 0 Å². The standard InChI is InChI=1S/C9H12N4O/c10-8-1-2-11-9(12-8)13-4-7-3-6(13)5-14-7/h1-2,6-7H,3-5H2,(H2,10,11,12). The zero-order chi connectivity index (χ0) is 9.54. The van der Waals surface area contributed by atoms with Crippen LogP contribution < -0.4 is 10.6 Å². The van der Waals surface area contributed by atoms with E-state index in [4.69, 9.17) is 10.5 Å². The number of anilines is 2. The SMILES string of the molecule is Nc1ccnc(N2CC3CC2CO3)n1. The van der Waals surface area contributed by atoms with Gasteiger partial charge in [-0.2, -0.15) is 4.98 Å². The van der Waals surface area contributed by atoms with Gasteiger partial charge in [-0.05, 0) is 12.5 Å². The molecule has 2 aliphatic rings. The van der Waals surface area contributed by atoms with E-state index in [0.717, 1.165) is 25.5 Å². The second-order valence-electron chi connectivity index (χ2n) is 3.78. The summed E-state index contributed by atoms with van der Waals surface area (Å²) in [6.45, 7) is 1.69. The molecular weight excluding hydrogens is 180 g/mol. The Morgan fingerprint density at radius 1 is 1.57 bits per heavy atom. The molecule has 2 saturated heterocycles. The van der Waals surface area contributed by atoms with Crippen molar-refractivity contribution in [1.82, 2.24) is 9.97 Å². The van der Waals surface area contributed by atoms with Gasteiger partial charge in [0.15, 0.2) is 0 Å². The van der Waals surface area contributed by atoms with E-state index in [2.05, 4.69) is 14.9 Å². The number of hydrogen-bond acceptors (Lipinski definition) is 5. The van der Waals surface area contributed by atoms with Crippen LogP contribution in [-0.2, 0) is 4.74 Å². The van der Waals surface area contributed by atoms with Gasteiger partial charge in [-0.15, -0.1) is 0 Å². The third-order valence-electron chi connectivity index (χ3n) is 2.82. The maximum atomic E-state index is 5.62. The Morgan fingerprint density at radius 2 is 2.50 bits per heavy atom. The summed E-state index contributed by atoms with van der Waals surface area (Å²) in [6, 6.07) is 2.15. The largest absolute Gasteiger partial charge is 0.384 e. The Bertz CT molecular complexity index is 356. The summed E-state index contributed by atoms with van der Waals surface area (Å²) < 4.78 is 5.51. The normalized spacial score (nSPS) is 29.9. The van der Waals surface area contributed by atoms with E-state index in [9.17, 15) is 0 Å². The highest BCUT2D eigenvalue weighted by molar-refractivity contribution is 5.40. The molecule has 2 atom stereocenters. The predicted molar refractivity (Wildman–Crippen MR) is 51.9 cm³/mol. The van der Waals surface area contributed by atoms with Gasteiger partial charge in [-0.1, -0.05) is 0 Å². The lowest BCUT2D eigenvalue weighted by atomic mass is 10.2. The number of aromatic nitrogens is 2. The molecule has 2 unspecified atom stereocenters. The van der Waals surface area contributed by atoms with Crippen LogP contribution in [0.5, 0.6) is 0 Å². The van der Waals surface area contributed by atoms with Crippen LogP contribution >= 0.6 is 0 Å². The van der Waals surface area contributed by atoms with E-state index in [-0.39, 0.29) is 0 Å². The Labute approximate surface area is 81.9 Å². The molecule has 0 aliphatic carbocycles. The molecule has 14 heavy (non-hydrogen) atoms. The number of morpholine rings is 1. The fraction of sp³-hybridized carbons (Fsp3) is 0.556. The van der Waals surface area contributed by atoms with Crippen molar-refractivity contribution in [3.8, 4) is 0 Å². The summed E-state index contributed by atoms with van der Waals surface area (Å²) in [5, 5.41) is 0. The second kappa shape index (κ2) is 2.81. The zero-order valence-electron chi connectivity index (χ0n) is 7.76. The Hall–Kier alpha value is -1.36. The van der Waals surface area contributed by atoms with Crippen LogP contribution in [-0.4, -0.2) is 35.3 Å². The van der Waals surface area contributed by atoms with Crippen LogP contribution in [0.3, 0.4) is 0 Å². The molecule has 2 bridgehead atoms. The van der Waals surface area contributed by atoms with Crippen molar-refractivity contribution < 1.29 is 4.74 Å². The molecular formula is C9H12N4O. The van der Waals surface area contributed by atoms with Crippen molar-refractivity contribution in [3.05, 3.63) is 12.3 Å². The highest BCUT2D eigenvalue weighted by Gasteiger charge is 2.40. The average molecular weight is 192 g/mol. The van der Waals surface area contributed by atoms with Gasteiger partial charge in [-0.25, -0.2) is 4.98 Å². The van der Waals surface area contributed by atoms with Crippen LogP contribution in [0.15, 0.2) is 12.3 Å². The van der Waals surface area contributed by atoms with E-state index in [1.807, 2.05) is 0 Å². The van der Waals surface area contributed by atoms with Crippen LogP contribution in [0.25, 0.3) is 0 Å². The number of fused-ring (bicyclic) bond motifs is 2. The Morgan fingerprint density at radius 3 is 3.14 bits per heavy atom. The summed E-state index contributed by atoms with van der Waals surface area (Å²) in [6.07, 6.45) is 3.16. The fourth-order valence-electron chi connectivity index (χ4n) is 2.14. The van der Waals surface area contributed by atoms with Crippen LogP contribution in [0, 0.1) is 0 Å². The number of rotatable bonds is 1. The molecule has 0 radical (unpaired) electrons. The molecule has 1 aromatic heterocycles. The number of hydrogen-bond donors (Lipinski definition) is 1. The van der Waals surface area contributed by atoms with Crippen LogP contribution in [0.4, 0.5) is 11.8 Å². The molecule has 3 rings (SSSR count). The minimum atomic E-state index is 0.366. The van der Waals surface area contributed by atoms with E-state index in [1.54, 1.807) is 12.3 Å². The van der Waals surface area contributed by atoms with Crippen molar-refractivity contribution in [1.29, 1.82) is 0 Å². The lowest BCUT2D eigenvalue weighted by Gasteiger charge is -2.26. The van der Waals surface area contributed by atoms with Crippen molar-refractivity contribution in [2.45, 2.75) is 18.6 Å². The molecule has 5 heteroatoms. The number of nitrogens with two attached hydrogens (primary N) is 1. The predicted octanol–water partition coefficient (Wildman–Crippen LogP) is 0.0363. The second-order valence-corrected chi connectivity index (χ2v) is 3.78. The van der Waals surface area contributed by atoms with Crippen LogP contribution in [0.2, 0.25) is 0 Å². The Kier molecular flexibility index (Phi) is 1.61. The summed E-state index contributed by atoms with van der Waals surface area (Å²) >= 11 is 0. The van der Waals surface area contributed by atoms with Gasteiger partial charge >= 0.3 is 0 Å². The first kappa shape index (κ1) is 7.99. The van der Waals surface area contributed by atoms with Gasteiger partial charge in [0.25, 0.3) is 0 Å². The fourth-order valence-corrected chi connectivity index (χ4v) is 2.14. The van der Waals surface area contributed by atoms with Crippen molar-refractivity contribution in [3.63, 3.8) is 0 Å². The first-order chi connectivity index (χ1) is 6.83. The number of nitrogen functional groups attached to an aromatic ring is 1. The monoisotopic (exact) mass is 192 g/mol. The molecule has 2 aliphatic heterocycles. The topological polar surface area (TPSA) is 64.3 Å². The first-order valence-electron chi connectivity index (χ1n) is 4.80. The molecule has 0 spiro atoms. The Balaban J connectivity index is 1.89. The molecule has 0 saturated carbocycles. The van der Waals surface area contributed by atoms with Gasteiger partial charge in [0.2, 0.25) is 5.95 Å². The van der Waals surface area contributed by atoms with Gasteiger partial charge in [0, 0.05) is 12.7 Å². The number of ether oxygens (including phenoxy) is 1. The minimum Gasteiger partial charge on any atom is -0.384 e. The maximum absolute atomic E-state index is 5.62. The smallest absolute Gasteiger partial charge is 0.227 e. The summed E-state index contributed by atoms with van der Waals surface area (Å²) in [4.78, 5) is 10.6. The molecule has 5 nitrogen and oxygen atoms in total. The molecule has 0 amide bonds. The van der Waals surface area contributed by atoms with Gasteiger partial charge < -0.3 is 15.4 Å². The summed E-state index contributed by atoms with van der Waals surface area (Å²) in [5.41, 5.74) is 5.62. The van der Waals surface area contributed by atoms with Crippen molar-refractivity contribution in [2.24, 2.45) is 0 Å². The van der Waals surface area contributed by atoms with Crippen molar-refractivity contribution in [2.75, 3.05) is 23.8 Å². The van der Waals surface area contributed by atoms with Gasteiger partial charge in [-0.3, -0.25) is 0 Å². The zero-order valence-corrected chi connectivity index (χ0v) is 7.76. The lowest BCUT2D eigenvalue weighted by Crippen LogP contribution is -2.38. The maximum Gasteiger partial charge on any atom is 0.227 e. The van der Waals surface area contributed by atoms with E-state index in [0.29, 0.717) is 18.0 Å². The van der Waals surface area contributed by atoms with E-state index < -0.39 is 0 Å². The molecule has 74 valence electrons. The average Bonchev–Trinajstić information content (AvgIpc) is 2.78. The first-order valence-corrected chi connectivity index (χ1v) is 4.80. The molecule has 3 heterocycles. The molecule has 0 aromatic carbocycles. The van der Waals surface area contributed by atoms with Gasteiger partial charge in [0.05, 0.1) is 18.8 Å². The van der Waals surface area contributed by atoms with Crippen molar-refractivity contribution >= 4 is 11.8 Å². The third-order valence-corrected chi connectivity index (χ3v) is 2.82. The molecule has 1 aromatic rings. The third kappa shape index (κ3) is 1.13. The highest BCUT2D eigenvalue weighted by Crippen LogP contribution is 2.30. The summed E-state index contributed by atoms with van der Waals surface area (Å²) in [5.74, 6) is 1.26. The van der Waals surface area contributed by atoms with E-state index in [1.165, 1.54) is 0 Å². The highest BCUT2D eigenvalue weighted by atomic mass is 16.5. The van der Waals surface area contributed by atoms with Crippen LogP contribution in [0.1, 0.15) is 6.42 Å². The molecule has 2 N–H and O–H groups in total. The minimum absolute atomic E-state index is 0.366. The quantitative estimate of drug-likeness (QED) is 0.680. The lowest BCUT2D eigenvalue weighted by molar-refractivity contribution is 0.0986.